The van der Waals surface area contributed by atoms with E-state index in [2.05, 4.69) is 27.6 Å². The summed E-state index contributed by atoms with van der Waals surface area (Å²) < 4.78 is 14.8. The van der Waals surface area contributed by atoms with E-state index in [9.17, 15) is 9.18 Å². The third-order valence-electron chi connectivity index (χ3n) is 5.51. The van der Waals surface area contributed by atoms with Crippen LogP contribution in [-0.2, 0) is 0 Å². The maximum atomic E-state index is 13.1. The number of likely N-dealkylation sites (tertiary alicyclic amines) is 1. The number of carbonyl (C=O) groups is 1. The number of nitrogens with one attached hydrogen (secondary N) is 1. The summed E-state index contributed by atoms with van der Waals surface area (Å²) in [5.74, 6) is -0.183. The van der Waals surface area contributed by atoms with Gasteiger partial charge in [-0.15, -0.1) is 5.10 Å². The average molecular weight is 357 g/mol. The smallest absolute Gasteiger partial charge is 0.251 e. The molecular weight excluding hydrogens is 333 g/mol. The highest BCUT2D eigenvalue weighted by Crippen LogP contribution is 2.34. The number of hydrogen-bond donors (Lipinski definition) is 1. The highest BCUT2D eigenvalue weighted by molar-refractivity contribution is 5.95. The first-order chi connectivity index (χ1) is 12.4. The molecule has 1 aromatic heterocycles. The van der Waals surface area contributed by atoms with Crippen LogP contribution >= 0.6 is 0 Å². The summed E-state index contributed by atoms with van der Waals surface area (Å²) in [6.45, 7) is 2.96. The quantitative estimate of drug-likeness (QED) is 0.914. The Morgan fingerprint density at radius 1 is 1.38 bits per heavy atom. The van der Waals surface area contributed by atoms with Crippen molar-refractivity contribution >= 4 is 5.91 Å². The molecule has 4 rings (SSSR count). The van der Waals surface area contributed by atoms with Crippen molar-refractivity contribution in [2.75, 3.05) is 13.6 Å². The predicted molar refractivity (Wildman–Crippen MR) is 96.0 cm³/mol. The van der Waals surface area contributed by atoms with Gasteiger partial charge >= 0.3 is 0 Å². The van der Waals surface area contributed by atoms with Crippen molar-refractivity contribution in [2.45, 2.75) is 50.4 Å². The topological polar surface area (TPSA) is 63.1 Å². The van der Waals surface area contributed by atoms with E-state index in [1.807, 2.05) is 25.3 Å². The van der Waals surface area contributed by atoms with Gasteiger partial charge in [0.2, 0.25) is 0 Å². The molecule has 26 heavy (non-hydrogen) atoms. The van der Waals surface area contributed by atoms with E-state index in [4.69, 9.17) is 0 Å². The number of rotatable bonds is 4. The van der Waals surface area contributed by atoms with E-state index in [0.29, 0.717) is 24.4 Å². The van der Waals surface area contributed by atoms with Gasteiger partial charge in [0.1, 0.15) is 11.9 Å². The number of benzene rings is 1. The first kappa shape index (κ1) is 17.1. The summed E-state index contributed by atoms with van der Waals surface area (Å²) in [6.07, 6.45) is 4.13. The number of alkyl halides is 1. The first-order valence-electron chi connectivity index (χ1n) is 9.13. The fourth-order valence-electron chi connectivity index (χ4n) is 4.00. The Kier molecular flexibility index (Phi) is 4.26. The molecule has 1 N–H and O–H groups in total. The number of amides is 1. The summed E-state index contributed by atoms with van der Waals surface area (Å²) in [5.41, 5.74) is 1.84. The van der Waals surface area contributed by atoms with Crippen molar-refractivity contribution < 1.29 is 9.18 Å². The Balaban J connectivity index is 1.51. The predicted octanol–water partition coefficient (Wildman–Crippen LogP) is 2.65. The van der Waals surface area contributed by atoms with Crippen LogP contribution in [0.1, 0.15) is 54.7 Å². The largest absolute Gasteiger partial charge is 0.347 e. The molecule has 0 radical (unpaired) electrons. The Bertz CT molecular complexity index is 814. The number of aromatic nitrogens is 3. The zero-order valence-corrected chi connectivity index (χ0v) is 15.2. The average Bonchev–Trinajstić information content (AvgIpc) is 3.22. The second-order valence-electron chi connectivity index (χ2n) is 7.80. The minimum Gasteiger partial charge on any atom is -0.347 e. The fourth-order valence-corrected chi connectivity index (χ4v) is 4.00. The number of nitrogens with zero attached hydrogens (tertiary/aromatic N) is 4. The molecule has 2 aliphatic rings. The SMILES string of the molecule is CN1CCCC1c1cn(-c2cccc(C(=O)NC3(C)CC(F)C3)c2)nn1. The van der Waals surface area contributed by atoms with Crippen LogP contribution < -0.4 is 5.32 Å². The Morgan fingerprint density at radius 3 is 2.88 bits per heavy atom. The minimum absolute atomic E-state index is 0.183. The maximum absolute atomic E-state index is 13.1. The normalized spacial score (nSPS) is 28.7. The van der Waals surface area contributed by atoms with Crippen LogP contribution in [-0.4, -0.2) is 51.1 Å². The molecule has 0 bridgehead atoms. The van der Waals surface area contributed by atoms with Gasteiger partial charge in [-0.2, -0.15) is 0 Å². The Labute approximate surface area is 152 Å². The van der Waals surface area contributed by atoms with Gasteiger partial charge < -0.3 is 5.32 Å². The summed E-state index contributed by atoms with van der Waals surface area (Å²) >= 11 is 0. The summed E-state index contributed by atoms with van der Waals surface area (Å²) in [5, 5.41) is 11.5. The van der Waals surface area contributed by atoms with Gasteiger partial charge in [0, 0.05) is 23.9 Å². The molecule has 1 atom stereocenters. The molecule has 1 aromatic carbocycles. The second kappa shape index (κ2) is 6.46. The van der Waals surface area contributed by atoms with Crippen molar-refractivity contribution in [1.29, 1.82) is 0 Å². The second-order valence-corrected chi connectivity index (χ2v) is 7.80. The molecule has 1 aliphatic carbocycles. The minimum atomic E-state index is -0.811. The van der Waals surface area contributed by atoms with E-state index in [1.165, 1.54) is 6.42 Å². The number of carbonyl (C=O) groups excluding carboxylic acids is 1. The third-order valence-corrected chi connectivity index (χ3v) is 5.51. The molecule has 2 aromatic rings. The highest BCUT2D eigenvalue weighted by Gasteiger charge is 2.41. The van der Waals surface area contributed by atoms with Gasteiger partial charge in [-0.1, -0.05) is 11.3 Å². The maximum Gasteiger partial charge on any atom is 0.251 e. The van der Waals surface area contributed by atoms with Gasteiger partial charge in [-0.3, -0.25) is 9.69 Å². The van der Waals surface area contributed by atoms with Gasteiger partial charge in [0.25, 0.3) is 5.91 Å². The molecule has 2 heterocycles. The van der Waals surface area contributed by atoms with Crippen LogP contribution in [0.25, 0.3) is 5.69 Å². The molecule has 0 spiro atoms. The number of halogens is 1. The zero-order chi connectivity index (χ0) is 18.3. The zero-order valence-electron chi connectivity index (χ0n) is 15.2. The monoisotopic (exact) mass is 357 g/mol. The van der Waals surface area contributed by atoms with Crippen LogP contribution in [0.15, 0.2) is 30.5 Å². The summed E-state index contributed by atoms with van der Waals surface area (Å²) in [6, 6.07) is 7.59. The molecule has 7 heteroatoms. The van der Waals surface area contributed by atoms with Crippen molar-refractivity contribution in [3.63, 3.8) is 0 Å². The standard InChI is InChI=1S/C19H24FN5O/c1-19(10-14(20)11-19)21-18(26)13-5-3-6-15(9-13)25-12-16(22-23-25)17-7-4-8-24(17)2/h3,5-6,9,12,14,17H,4,7-8,10-11H2,1-2H3,(H,21,26). The molecule has 6 nitrogen and oxygen atoms in total. The van der Waals surface area contributed by atoms with Crippen LogP contribution in [0.3, 0.4) is 0 Å². The fraction of sp³-hybridized carbons (Fsp3) is 0.526. The van der Waals surface area contributed by atoms with Gasteiger partial charge in [0.15, 0.2) is 0 Å². The van der Waals surface area contributed by atoms with Gasteiger partial charge in [-0.25, -0.2) is 9.07 Å². The van der Waals surface area contributed by atoms with Crippen molar-refractivity contribution in [2.24, 2.45) is 0 Å². The lowest BCUT2D eigenvalue weighted by atomic mass is 9.76. The molecule has 1 amide bonds. The van der Waals surface area contributed by atoms with E-state index >= 15 is 0 Å². The highest BCUT2D eigenvalue weighted by atomic mass is 19.1. The van der Waals surface area contributed by atoms with E-state index in [0.717, 1.165) is 24.3 Å². The molecule has 138 valence electrons. The lowest BCUT2D eigenvalue weighted by Gasteiger charge is -2.41. The van der Waals surface area contributed by atoms with E-state index < -0.39 is 11.7 Å². The lowest BCUT2D eigenvalue weighted by Crippen LogP contribution is -2.56. The van der Waals surface area contributed by atoms with Crippen LogP contribution in [0, 0.1) is 0 Å². The van der Waals surface area contributed by atoms with Crippen LogP contribution in [0.2, 0.25) is 0 Å². The lowest BCUT2D eigenvalue weighted by molar-refractivity contribution is 0.0627. The van der Waals surface area contributed by atoms with Gasteiger partial charge in [-0.05, 0) is 51.6 Å². The van der Waals surface area contributed by atoms with E-state index in [1.54, 1.807) is 16.8 Å². The van der Waals surface area contributed by atoms with Crippen molar-refractivity contribution in [1.82, 2.24) is 25.2 Å². The van der Waals surface area contributed by atoms with Crippen molar-refractivity contribution in [3.05, 3.63) is 41.7 Å². The first-order valence-corrected chi connectivity index (χ1v) is 9.13. The molecule has 2 fully saturated rings. The molecular formula is C19H24FN5O. The molecule has 1 saturated heterocycles. The summed E-state index contributed by atoms with van der Waals surface area (Å²) in [4.78, 5) is 14.8. The van der Waals surface area contributed by atoms with E-state index in [-0.39, 0.29) is 5.91 Å². The van der Waals surface area contributed by atoms with Crippen LogP contribution in [0.4, 0.5) is 4.39 Å². The molecule has 1 unspecified atom stereocenters. The van der Waals surface area contributed by atoms with Crippen LogP contribution in [0.5, 0.6) is 0 Å². The number of hydrogen-bond acceptors (Lipinski definition) is 4. The van der Waals surface area contributed by atoms with Crippen molar-refractivity contribution in [3.8, 4) is 5.69 Å². The third kappa shape index (κ3) is 3.23. The molecule has 1 aliphatic heterocycles. The van der Waals surface area contributed by atoms with Gasteiger partial charge in [0.05, 0.1) is 17.9 Å². The Morgan fingerprint density at radius 2 is 2.19 bits per heavy atom. The summed E-state index contributed by atoms with van der Waals surface area (Å²) in [7, 11) is 2.10. The Hall–Kier alpha value is -2.28. The molecule has 1 saturated carbocycles.